The van der Waals surface area contributed by atoms with Gasteiger partial charge in [-0.3, -0.25) is 14.3 Å². The van der Waals surface area contributed by atoms with Gasteiger partial charge in [0.05, 0.1) is 28.7 Å². The summed E-state index contributed by atoms with van der Waals surface area (Å²) < 4.78 is 2.64. The smallest absolute Gasteiger partial charge is 0.264 e. The first-order valence-corrected chi connectivity index (χ1v) is 11.3. The number of nitrogens with zero attached hydrogens (tertiary/aromatic N) is 4. The first-order valence-electron chi connectivity index (χ1n) is 9.66. The second kappa shape index (κ2) is 7.65. The number of thiophene rings is 2. The summed E-state index contributed by atoms with van der Waals surface area (Å²) in [6.45, 7) is 0.978. The molecule has 1 N–H and O–H groups in total. The highest BCUT2D eigenvalue weighted by molar-refractivity contribution is 7.20. The molecule has 1 aromatic carbocycles. The van der Waals surface area contributed by atoms with Gasteiger partial charge in [0.15, 0.2) is 0 Å². The minimum atomic E-state index is -0.304. The Morgan fingerprint density at radius 2 is 2.10 bits per heavy atom. The van der Waals surface area contributed by atoms with E-state index in [9.17, 15) is 14.9 Å². The van der Waals surface area contributed by atoms with Crippen LogP contribution < -0.4 is 5.32 Å². The molecule has 9 heteroatoms. The van der Waals surface area contributed by atoms with Crippen LogP contribution in [0.25, 0.3) is 10.1 Å². The fourth-order valence-electron chi connectivity index (χ4n) is 3.74. The Bertz CT molecular complexity index is 1340. The monoisotopic (exact) mass is 447 g/mol. The van der Waals surface area contributed by atoms with Gasteiger partial charge in [0.25, 0.3) is 11.8 Å². The summed E-state index contributed by atoms with van der Waals surface area (Å²) in [4.78, 5) is 29.1. The third kappa shape index (κ3) is 3.50. The van der Waals surface area contributed by atoms with E-state index in [1.165, 1.54) is 28.9 Å². The zero-order valence-corrected chi connectivity index (χ0v) is 18.2. The second-order valence-electron chi connectivity index (χ2n) is 7.30. The predicted octanol–water partition coefficient (Wildman–Crippen LogP) is 4.02. The van der Waals surface area contributed by atoms with Gasteiger partial charge < -0.3 is 10.2 Å². The lowest BCUT2D eigenvalue weighted by Gasteiger charge is -2.26. The second-order valence-corrected chi connectivity index (χ2v) is 9.49. The number of carbonyl (C=O) groups excluding carboxylic acids is 2. The summed E-state index contributed by atoms with van der Waals surface area (Å²) in [7, 11) is 1.74. The standard InChI is InChI=1S/C22H17N5O2S2/c1-26-11-14(10-24-26)20(28)25-21-16(9-23)15-6-7-27(12-19(15)31-21)22(29)18-8-13-4-2-3-5-17(13)30-18/h2-5,8,10-11H,6-7,12H2,1H3,(H,25,28). The molecule has 0 saturated carbocycles. The van der Waals surface area contributed by atoms with Crippen LogP contribution in [-0.2, 0) is 20.0 Å². The van der Waals surface area contributed by atoms with Crippen molar-refractivity contribution in [3.8, 4) is 6.07 Å². The molecule has 154 valence electrons. The lowest BCUT2D eigenvalue weighted by Crippen LogP contribution is -2.35. The van der Waals surface area contributed by atoms with Crippen LogP contribution in [0.15, 0.2) is 42.7 Å². The molecule has 0 aliphatic carbocycles. The van der Waals surface area contributed by atoms with Crippen LogP contribution in [0.3, 0.4) is 0 Å². The summed E-state index contributed by atoms with van der Waals surface area (Å²) in [6.07, 6.45) is 3.70. The number of hydrogen-bond donors (Lipinski definition) is 1. The Balaban J connectivity index is 1.39. The van der Waals surface area contributed by atoms with Crippen molar-refractivity contribution >= 4 is 49.6 Å². The van der Waals surface area contributed by atoms with Crippen LogP contribution in [0, 0.1) is 11.3 Å². The zero-order valence-electron chi connectivity index (χ0n) is 16.6. The number of fused-ring (bicyclic) bond motifs is 2. The predicted molar refractivity (Wildman–Crippen MR) is 120 cm³/mol. The van der Waals surface area contributed by atoms with Crippen LogP contribution in [0.1, 0.15) is 36.0 Å². The number of aromatic nitrogens is 2. The average Bonchev–Trinajstić information content (AvgIpc) is 3.48. The molecule has 3 aromatic heterocycles. The summed E-state index contributed by atoms with van der Waals surface area (Å²) in [5.74, 6) is -0.305. The highest BCUT2D eigenvalue weighted by Gasteiger charge is 2.29. The molecule has 0 fully saturated rings. The molecule has 7 nitrogen and oxygen atoms in total. The first kappa shape index (κ1) is 19.5. The molecule has 2 amide bonds. The third-order valence-electron chi connectivity index (χ3n) is 5.29. The SMILES string of the molecule is Cn1cc(C(=O)Nc2sc3c(c2C#N)CCN(C(=O)c2cc4ccccc4s2)C3)cn1. The normalized spacial score (nSPS) is 13.1. The molecule has 0 saturated heterocycles. The number of anilines is 1. The van der Waals surface area contributed by atoms with Crippen molar-refractivity contribution in [2.45, 2.75) is 13.0 Å². The van der Waals surface area contributed by atoms with E-state index in [1.807, 2.05) is 35.2 Å². The fraction of sp³-hybridized carbons (Fsp3) is 0.182. The lowest BCUT2D eigenvalue weighted by molar-refractivity contribution is 0.0742. The van der Waals surface area contributed by atoms with E-state index in [1.54, 1.807) is 17.9 Å². The molecule has 0 atom stereocenters. The molecule has 5 rings (SSSR count). The maximum absolute atomic E-state index is 13.1. The molecule has 4 heterocycles. The highest BCUT2D eigenvalue weighted by Crippen LogP contribution is 2.37. The van der Waals surface area contributed by atoms with Gasteiger partial charge in [0.1, 0.15) is 11.1 Å². The van der Waals surface area contributed by atoms with Gasteiger partial charge in [0, 0.05) is 29.4 Å². The number of aryl methyl sites for hydroxylation is 1. The minimum Gasteiger partial charge on any atom is -0.332 e. The number of benzene rings is 1. The van der Waals surface area contributed by atoms with E-state index in [0.29, 0.717) is 40.5 Å². The Labute approximate surface area is 186 Å². The molecule has 4 aromatic rings. The van der Waals surface area contributed by atoms with E-state index in [4.69, 9.17) is 0 Å². The van der Waals surface area contributed by atoms with Gasteiger partial charge in [-0.1, -0.05) is 18.2 Å². The van der Waals surface area contributed by atoms with Crippen LogP contribution in [-0.4, -0.2) is 33.0 Å². The van der Waals surface area contributed by atoms with Gasteiger partial charge >= 0.3 is 0 Å². The molecule has 1 aliphatic heterocycles. The van der Waals surface area contributed by atoms with Crippen LogP contribution in [0.5, 0.6) is 0 Å². The Kier molecular flexibility index (Phi) is 4.81. The van der Waals surface area contributed by atoms with Gasteiger partial charge in [-0.15, -0.1) is 22.7 Å². The van der Waals surface area contributed by atoms with Gasteiger partial charge in [-0.25, -0.2) is 0 Å². The molecular weight excluding hydrogens is 430 g/mol. The Morgan fingerprint density at radius 1 is 1.26 bits per heavy atom. The maximum atomic E-state index is 13.1. The lowest BCUT2D eigenvalue weighted by atomic mass is 10.0. The molecule has 0 unspecified atom stereocenters. The van der Waals surface area contributed by atoms with Crippen molar-refractivity contribution in [2.24, 2.45) is 7.05 Å². The number of amides is 2. The van der Waals surface area contributed by atoms with Crippen LogP contribution in [0.2, 0.25) is 0 Å². The minimum absolute atomic E-state index is 0.000275. The van der Waals surface area contributed by atoms with Gasteiger partial charge in [0.2, 0.25) is 0 Å². The number of rotatable bonds is 3. The zero-order chi connectivity index (χ0) is 21.5. The summed E-state index contributed by atoms with van der Waals surface area (Å²) in [5.41, 5.74) is 1.85. The largest absolute Gasteiger partial charge is 0.332 e. The summed E-state index contributed by atoms with van der Waals surface area (Å²) >= 11 is 2.86. The third-order valence-corrected chi connectivity index (χ3v) is 7.52. The van der Waals surface area contributed by atoms with Crippen molar-refractivity contribution in [1.82, 2.24) is 14.7 Å². The first-order chi connectivity index (χ1) is 15.0. The van der Waals surface area contributed by atoms with E-state index in [2.05, 4.69) is 16.5 Å². The van der Waals surface area contributed by atoms with Crippen LogP contribution >= 0.6 is 22.7 Å². The molecular formula is C22H17N5O2S2. The van der Waals surface area contributed by atoms with Gasteiger partial charge in [-0.2, -0.15) is 10.4 Å². The quantitative estimate of drug-likeness (QED) is 0.514. The van der Waals surface area contributed by atoms with Crippen molar-refractivity contribution in [3.63, 3.8) is 0 Å². The molecule has 0 bridgehead atoms. The molecule has 31 heavy (non-hydrogen) atoms. The number of hydrogen-bond acceptors (Lipinski definition) is 6. The van der Waals surface area contributed by atoms with Crippen LogP contribution in [0.4, 0.5) is 5.00 Å². The average molecular weight is 448 g/mol. The number of nitriles is 1. The van der Waals surface area contributed by atoms with E-state index < -0.39 is 0 Å². The summed E-state index contributed by atoms with van der Waals surface area (Å²) in [5, 5.41) is 18.1. The van der Waals surface area contributed by atoms with E-state index in [-0.39, 0.29) is 11.8 Å². The Hall–Kier alpha value is -3.48. The maximum Gasteiger partial charge on any atom is 0.264 e. The number of nitrogens with one attached hydrogen (secondary N) is 1. The topological polar surface area (TPSA) is 91.0 Å². The van der Waals surface area contributed by atoms with E-state index in [0.717, 1.165) is 20.5 Å². The number of carbonyl (C=O) groups is 2. The summed E-state index contributed by atoms with van der Waals surface area (Å²) in [6, 6.07) is 12.1. The molecule has 0 radical (unpaired) electrons. The Morgan fingerprint density at radius 3 is 2.84 bits per heavy atom. The fourth-order valence-corrected chi connectivity index (χ4v) is 5.98. The highest BCUT2D eigenvalue weighted by atomic mass is 32.1. The van der Waals surface area contributed by atoms with Gasteiger partial charge in [-0.05, 0) is 29.5 Å². The van der Waals surface area contributed by atoms with Crippen molar-refractivity contribution in [2.75, 3.05) is 11.9 Å². The molecule has 1 aliphatic rings. The van der Waals surface area contributed by atoms with Crippen molar-refractivity contribution in [3.05, 3.63) is 69.2 Å². The van der Waals surface area contributed by atoms with Crippen molar-refractivity contribution < 1.29 is 9.59 Å². The molecule has 0 spiro atoms. The van der Waals surface area contributed by atoms with Crippen molar-refractivity contribution in [1.29, 1.82) is 5.26 Å². The van der Waals surface area contributed by atoms with E-state index >= 15 is 0 Å².